The summed E-state index contributed by atoms with van der Waals surface area (Å²) in [6.07, 6.45) is 6.23. The van der Waals surface area contributed by atoms with Crippen molar-refractivity contribution in [1.29, 1.82) is 0 Å². The van der Waals surface area contributed by atoms with Gasteiger partial charge in [-0.3, -0.25) is 4.79 Å². The van der Waals surface area contributed by atoms with E-state index in [1.807, 2.05) is 11.8 Å². The number of aromatic nitrogens is 2. The van der Waals surface area contributed by atoms with Crippen LogP contribution < -0.4 is 4.90 Å². The number of rotatable bonds is 4. The van der Waals surface area contributed by atoms with E-state index in [0.29, 0.717) is 50.8 Å². The van der Waals surface area contributed by atoms with Crippen molar-refractivity contribution in [2.24, 2.45) is 0 Å². The summed E-state index contributed by atoms with van der Waals surface area (Å²) in [5.74, 6) is 0.534. The van der Waals surface area contributed by atoms with Crippen LogP contribution in [0, 0.1) is 6.92 Å². The summed E-state index contributed by atoms with van der Waals surface area (Å²) in [6.45, 7) is 5.30. The molecule has 3 heterocycles. The average Bonchev–Trinajstić information content (AvgIpc) is 2.80. The molecule has 0 aliphatic carbocycles. The monoisotopic (exact) mass is 429 g/mol. The predicted molar refractivity (Wildman–Crippen MR) is 114 cm³/mol. The van der Waals surface area contributed by atoms with Gasteiger partial charge in [0.05, 0.1) is 4.90 Å². The molecule has 0 unspecified atom stereocenters. The summed E-state index contributed by atoms with van der Waals surface area (Å²) in [5.41, 5.74) is 1.24. The Balaban J connectivity index is 1.50. The highest BCUT2D eigenvalue weighted by Crippen LogP contribution is 2.24. The second kappa shape index (κ2) is 8.69. The van der Waals surface area contributed by atoms with Crippen molar-refractivity contribution in [1.82, 2.24) is 19.2 Å². The van der Waals surface area contributed by atoms with Gasteiger partial charge in [-0.1, -0.05) is 12.5 Å². The molecule has 2 aliphatic rings. The molecule has 9 heteroatoms. The molecule has 1 aromatic heterocycles. The first-order valence-corrected chi connectivity index (χ1v) is 11.8. The molecule has 0 radical (unpaired) electrons. The van der Waals surface area contributed by atoms with Gasteiger partial charge in [-0.05, 0) is 43.5 Å². The molecule has 1 aromatic carbocycles. The van der Waals surface area contributed by atoms with Crippen LogP contribution >= 0.6 is 0 Å². The van der Waals surface area contributed by atoms with E-state index >= 15 is 0 Å². The summed E-state index contributed by atoms with van der Waals surface area (Å²) in [7, 11) is -3.57. The number of piperazine rings is 1. The standard InChI is InChI=1S/C21H27N5O3S/c1-17-6-7-18(30(28,29)26-10-3-2-4-11-26)16-19(17)20(27)24-12-14-25(15-13-24)21-22-8-5-9-23-21/h5-9,16H,2-4,10-15H2,1H3. The molecule has 8 nitrogen and oxygen atoms in total. The quantitative estimate of drug-likeness (QED) is 0.738. The molecule has 2 fully saturated rings. The van der Waals surface area contributed by atoms with E-state index in [2.05, 4.69) is 9.97 Å². The summed E-state index contributed by atoms with van der Waals surface area (Å²) in [6, 6.07) is 6.67. The van der Waals surface area contributed by atoms with Gasteiger partial charge in [0.25, 0.3) is 5.91 Å². The Hall–Kier alpha value is -2.52. The van der Waals surface area contributed by atoms with Crippen molar-refractivity contribution < 1.29 is 13.2 Å². The number of hydrogen-bond acceptors (Lipinski definition) is 6. The minimum atomic E-state index is -3.57. The lowest BCUT2D eigenvalue weighted by atomic mass is 10.1. The third-order valence-corrected chi connectivity index (χ3v) is 7.69. The van der Waals surface area contributed by atoms with Gasteiger partial charge in [0.2, 0.25) is 16.0 Å². The Morgan fingerprint density at radius 1 is 0.933 bits per heavy atom. The maximum atomic E-state index is 13.2. The van der Waals surface area contributed by atoms with Gasteiger partial charge in [0.15, 0.2) is 0 Å². The highest BCUT2D eigenvalue weighted by atomic mass is 32.2. The lowest BCUT2D eigenvalue weighted by Crippen LogP contribution is -2.49. The van der Waals surface area contributed by atoms with E-state index in [4.69, 9.17) is 0 Å². The first kappa shape index (κ1) is 20.7. The molecular weight excluding hydrogens is 402 g/mol. The van der Waals surface area contributed by atoms with Gasteiger partial charge in [-0.15, -0.1) is 0 Å². The number of anilines is 1. The first-order valence-electron chi connectivity index (χ1n) is 10.4. The van der Waals surface area contributed by atoms with Gasteiger partial charge < -0.3 is 9.80 Å². The second-order valence-corrected chi connectivity index (χ2v) is 9.71. The zero-order valence-corrected chi connectivity index (χ0v) is 18.0. The Kier molecular flexibility index (Phi) is 6.01. The van der Waals surface area contributed by atoms with E-state index in [9.17, 15) is 13.2 Å². The third-order valence-electron chi connectivity index (χ3n) is 5.79. The number of amides is 1. The SMILES string of the molecule is Cc1ccc(S(=O)(=O)N2CCCCC2)cc1C(=O)N1CCN(c2ncccn2)CC1. The zero-order valence-electron chi connectivity index (χ0n) is 17.2. The van der Waals surface area contributed by atoms with Crippen LogP contribution in [0.1, 0.15) is 35.2 Å². The Morgan fingerprint density at radius 3 is 2.27 bits per heavy atom. The summed E-state index contributed by atoms with van der Waals surface area (Å²) in [4.78, 5) is 25.8. The molecule has 30 heavy (non-hydrogen) atoms. The van der Waals surface area contributed by atoms with E-state index in [-0.39, 0.29) is 10.8 Å². The largest absolute Gasteiger partial charge is 0.337 e. The van der Waals surface area contributed by atoms with E-state index in [1.165, 1.54) is 4.31 Å². The zero-order chi connectivity index (χ0) is 21.1. The van der Waals surface area contributed by atoms with Crippen LogP contribution in [-0.2, 0) is 10.0 Å². The molecular formula is C21H27N5O3S. The van der Waals surface area contributed by atoms with Crippen molar-refractivity contribution in [3.63, 3.8) is 0 Å². The Morgan fingerprint density at radius 2 is 1.60 bits per heavy atom. The normalized spacial score (nSPS) is 18.4. The Labute approximate surface area is 177 Å². The fourth-order valence-electron chi connectivity index (χ4n) is 3.98. The van der Waals surface area contributed by atoms with Crippen LogP contribution in [0.3, 0.4) is 0 Å². The number of carbonyl (C=O) groups excluding carboxylic acids is 1. The number of hydrogen-bond donors (Lipinski definition) is 0. The fourth-order valence-corrected chi connectivity index (χ4v) is 5.52. The van der Waals surface area contributed by atoms with Crippen molar-refractivity contribution in [3.05, 3.63) is 47.8 Å². The van der Waals surface area contributed by atoms with Gasteiger partial charge in [0.1, 0.15) is 0 Å². The molecule has 2 aromatic rings. The summed E-state index contributed by atoms with van der Waals surface area (Å²) < 4.78 is 27.6. The lowest BCUT2D eigenvalue weighted by Gasteiger charge is -2.35. The third kappa shape index (κ3) is 4.17. The first-order chi connectivity index (χ1) is 14.5. The van der Waals surface area contributed by atoms with Gasteiger partial charge in [-0.2, -0.15) is 4.31 Å². The lowest BCUT2D eigenvalue weighted by molar-refractivity contribution is 0.0745. The van der Waals surface area contributed by atoms with Crippen LogP contribution in [0.5, 0.6) is 0 Å². The number of carbonyl (C=O) groups is 1. The Bertz CT molecular complexity index is 999. The van der Waals surface area contributed by atoms with Crippen LogP contribution in [0.15, 0.2) is 41.6 Å². The molecule has 2 saturated heterocycles. The van der Waals surface area contributed by atoms with Crippen LogP contribution in [-0.4, -0.2) is 72.8 Å². The number of nitrogens with zero attached hydrogens (tertiary/aromatic N) is 5. The number of aryl methyl sites for hydroxylation is 1. The van der Waals surface area contributed by atoms with Crippen molar-refractivity contribution in [3.8, 4) is 0 Å². The summed E-state index contributed by atoms with van der Waals surface area (Å²) in [5, 5.41) is 0. The van der Waals surface area contributed by atoms with Gasteiger partial charge >= 0.3 is 0 Å². The van der Waals surface area contributed by atoms with Gasteiger partial charge in [0, 0.05) is 57.2 Å². The fraction of sp³-hybridized carbons (Fsp3) is 0.476. The molecule has 2 aliphatic heterocycles. The summed E-state index contributed by atoms with van der Waals surface area (Å²) >= 11 is 0. The van der Waals surface area contributed by atoms with Gasteiger partial charge in [-0.25, -0.2) is 18.4 Å². The number of sulfonamides is 1. The molecule has 0 atom stereocenters. The van der Waals surface area contributed by atoms with Crippen LogP contribution in [0.4, 0.5) is 5.95 Å². The molecule has 0 N–H and O–H groups in total. The maximum Gasteiger partial charge on any atom is 0.254 e. The molecule has 1 amide bonds. The number of piperidine rings is 1. The predicted octanol–water partition coefficient (Wildman–Crippen LogP) is 1.92. The molecule has 0 spiro atoms. The smallest absolute Gasteiger partial charge is 0.254 e. The minimum absolute atomic E-state index is 0.128. The highest BCUT2D eigenvalue weighted by Gasteiger charge is 2.29. The van der Waals surface area contributed by atoms with E-state index < -0.39 is 10.0 Å². The average molecular weight is 430 g/mol. The van der Waals surface area contributed by atoms with Crippen molar-refractivity contribution >= 4 is 21.9 Å². The van der Waals surface area contributed by atoms with Crippen molar-refractivity contribution in [2.45, 2.75) is 31.1 Å². The molecule has 0 saturated carbocycles. The van der Waals surface area contributed by atoms with E-state index in [0.717, 1.165) is 24.8 Å². The van der Waals surface area contributed by atoms with Crippen LogP contribution in [0.2, 0.25) is 0 Å². The maximum absolute atomic E-state index is 13.2. The second-order valence-electron chi connectivity index (χ2n) is 7.77. The number of benzene rings is 1. The minimum Gasteiger partial charge on any atom is -0.337 e. The molecule has 0 bridgehead atoms. The van der Waals surface area contributed by atoms with E-state index in [1.54, 1.807) is 41.6 Å². The molecule has 4 rings (SSSR count). The van der Waals surface area contributed by atoms with Crippen molar-refractivity contribution in [2.75, 3.05) is 44.2 Å². The topological polar surface area (TPSA) is 86.7 Å². The highest BCUT2D eigenvalue weighted by molar-refractivity contribution is 7.89. The van der Waals surface area contributed by atoms with Crippen LogP contribution in [0.25, 0.3) is 0 Å². The molecule has 160 valence electrons.